The molecule has 0 aromatic carbocycles. The van der Waals surface area contributed by atoms with Crippen LogP contribution in [0.3, 0.4) is 0 Å². The molecule has 2 N–H and O–H groups in total. The van der Waals surface area contributed by atoms with E-state index in [4.69, 9.17) is 5.11 Å². The summed E-state index contributed by atoms with van der Waals surface area (Å²) in [4.78, 5) is 26.9. The molecule has 0 bridgehead atoms. The van der Waals surface area contributed by atoms with Crippen molar-refractivity contribution in [3.8, 4) is 0 Å². The fraction of sp³-hybridized carbons (Fsp3) is 0.500. The predicted octanol–water partition coefficient (Wildman–Crippen LogP) is 2.11. The van der Waals surface area contributed by atoms with Crippen LogP contribution in [-0.2, 0) is 4.79 Å². The SMILES string of the molecule is Cc1cc2ncc(C(=O)NCCCCCCC(=O)O)c(C)n2n1. The third kappa shape index (κ3) is 4.51. The lowest BCUT2D eigenvalue weighted by molar-refractivity contribution is -0.137. The van der Waals surface area contributed by atoms with Gasteiger partial charge >= 0.3 is 5.97 Å². The van der Waals surface area contributed by atoms with Crippen molar-refractivity contribution in [1.82, 2.24) is 19.9 Å². The van der Waals surface area contributed by atoms with Crippen LogP contribution in [0.5, 0.6) is 0 Å². The minimum absolute atomic E-state index is 0.157. The average molecular weight is 318 g/mol. The molecule has 0 atom stereocenters. The molecule has 2 aromatic heterocycles. The largest absolute Gasteiger partial charge is 0.481 e. The fourth-order valence-electron chi connectivity index (χ4n) is 2.44. The molecule has 124 valence electrons. The number of rotatable bonds is 8. The Balaban J connectivity index is 1.82. The highest BCUT2D eigenvalue weighted by Crippen LogP contribution is 2.11. The van der Waals surface area contributed by atoms with Gasteiger partial charge in [0.15, 0.2) is 5.65 Å². The molecule has 0 unspecified atom stereocenters. The fourth-order valence-corrected chi connectivity index (χ4v) is 2.44. The number of amides is 1. The van der Waals surface area contributed by atoms with E-state index in [1.807, 2.05) is 19.9 Å². The number of aliphatic carboxylic acids is 1. The van der Waals surface area contributed by atoms with Gasteiger partial charge in [-0.25, -0.2) is 9.50 Å². The number of unbranched alkanes of at least 4 members (excludes halogenated alkanes) is 3. The van der Waals surface area contributed by atoms with Gasteiger partial charge < -0.3 is 10.4 Å². The minimum Gasteiger partial charge on any atom is -0.481 e. The van der Waals surface area contributed by atoms with Gasteiger partial charge in [-0.2, -0.15) is 5.10 Å². The van der Waals surface area contributed by atoms with Crippen molar-refractivity contribution in [2.75, 3.05) is 6.54 Å². The second-order valence-corrected chi connectivity index (χ2v) is 5.63. The van der Waals surface area contributed by atoms with Crippen LogP contribution >= 0.6 is 0 Å². The Morgan fingerprint density at radius 2 is 1.96 bits per heavy atom. The van der Waals surface area contributed by atoms with Crippen LogP contribution in [-0.4, -0.2) is 38.1 Å². The second-order valence-electron chi connectivity index (χ2n) is 5.63. The normalized spacial score (nSPS) is 10.9. The molecule has 7 nitrogen and oxygen atoms in total. The van der Waals surface area contributed by atoms with Crippen molar-refractivity contribution in [3.63, 3.8) is 0 Å². The van der Waals surface area contributed by atoms with Gasteiger partial charge in [0.25, 0.3) is 5.91 Å². The highest BCUT2D eigenvalue weighted by Gasteiger charge is 2.13. The monoisotopic (exact) mass is 318 g/mol. The number of fused-ring (bicyclic) bond motifs is 1. The summed E-state index contributed by atoms with van der Waals surface area (Å²) in [5.74, 6) is -0.916. The molecule has 2 heterocycles. The molecule has 0 radical (unpaired) electrons. The molecule has 0 aliphatic rings. The number of hydrogen-bond acceptors (Lipinski definition) is 4. The van der Waals surface area contributed by atoms with Crippen LogP contribution in [0.2, 0.25) is 0 Å². The van der Waals surface area contributed by atoms with Crippen LogP contribution in [0.25, 0.3) is 5.65 Å². The van der Waals surface area contributed by atoms with E-state index < -0.39 is 5.97 Å². The van der Waals surface area contributed by atoms with Crippen LogP contribution in [0.15, 0.2) is 12.3 Å². The summed E-state index contributed by atoms with van der Waals surface area (Å²) in [6.07, 6.45) is 5.07. The molecule has 7 heteroatoms. The van der Waals surface area contributed by atoms with Gasteiger partial charge in [-0.3, -0.25) is 9.59 Å². The molecular weight excluding hydrogens is 296 g/mol. The number of aromatic nitrogens is 3. The van der Waals surface area contributed by atoms with Crippen molar-refractivity contribution in [2.24, 2.45) is 0 Å². The number of hydrogen-bond donors (Lipinski definition) is 2. The van der Waals surface area contributed by atoms with E-state index in [0.717, 1.165) is 36.3 Å². The number of nitrogens with zero attached hydrogens (tertiary/aromatic N) is 3. The lowest BCUT2D eigenvalue weighted by Gasteiger charge is -2.08. The van der Waals surface area contributed by atoms with E-state index in [9.17, 15) is 9.59 Å². The molecule has 0 aliphatic heterocycles. The number of aryl methyl sites for hydroxylation is 2. The van der Waals surface area contributed by atoms with E-state index in [1.54, 1.807) is 10.7 Å². The summed E-state index contributed by atoms with van der Waals surface area (Å²) in [7, 11) is 0. The van der Waals surface area contributed by atoms with Crippen LogP contribution in [0.4, 0.5) is 0 Å². The zero-order valence-corrected chi connectivity index (χ0v) is 13.5. The molecule has 0 aliphatic carbocycles. The summed E-state index contributed by atoms with van der Waals surface area (Å²) in [5, 5.41) is 15.7. The van der Waals surface area contributed by atoms with Crippen molar-refractivity contribution in [3.05, 3.63) is 29.2 Å². The standard InChI is InChI=1S/C16H22N4O3/c1-11-9-14-18-10-13(12(2)20(14)19-11)16(23)17-8-6-4-3-5-7-15(21)22/h9-10H,3-8H2,1-2H3,(H,17,23)(H,21,22). The Morgan fingerprint density at radius 3 is 2.70 bits per heavy atom. The molecule has 0 saturated heterocycles. The van der Waals surface area contributed by atoms with Gasteiger partial charge in [0, 0.05) is 25.2 Å². The van der Waals surface area contributed by atoms with Gasteiger partial charge in [0.2, 0.25) is 0 Å². The van der Waals surface area contributed by atoms with E-state index in [2.05, 4.69) is 15.4 Å². The molecule has 1 amide bonds. The first-order valence-electron chi connectivity index (χ1n) is 7.81. The zero-order valence-electron chi connectivity index (χ0n) is 13.5. The smallest absolute Gasteiger partial charge is 0.303 e. The highest BCUT2D eigenvalue weighted by molar-refractivity contribution is 5.95. The van der Waals surface area contributed by atoms with E-state index in [1.165, 1.54) is 0 Å². The summed E-state index contributed by atoms with van der Waals surface area (Å²) < 4.78 is 1.68. The predicted molar refractivity (Wildman–Crippen MR) is 85.5 cm³/mol. The van der Waals surface area contributed by atoms with Gasteiger partial charge in [-0.1, -0.05) is 12.8 Å². The maximum atomic E-state index is 12.2. The Labute approximate surface area is 134 Å². The highest BCUT2D eigenvalue weighted by atomic mass is 16.4. The maximum Gasteiger partial charge on any atom is 0.303 e. The maximum absolute atomic E-state index is 12.2. The number of carboxylic acid groups (broad SMARTS) is 1. The summed E-state index contributed by atoms with van der Waals surface area (Å²) in [6, 6.07) is 1.87. The Bertz CT molecular complexity index is 709. The summed E-state index contributed by atoms with van der Waals surface area (Å²) >= 11 is 0. The molecule has 2 rings (SSSR count). The first-order chi connectivity index (χ1) is 11.0. The van der Waals surface area contributed by atoms with Crippen molar-refractivity contribution >= 4 is 17.5 Å². The Kier molecular flexibility index (Phi) is 5.67. The van der Waals surface area contributed by atoms with E-state index in [-0.39, 0.29) is 12.3 Å². The third-order valence-corrected chi connectivity index (χ3v) is 3.69. The second kappa shape index (κ2) is 7.71. The van der Waals surface area contributed by atoms with Gasteiger partial charge in [0.05, 0.1) is 17.0 Å². The molecular formula is C16H22N4O3. The lowest BCUT2D eigenvalue weighted by atomic mass is 10.1. The Morgan fingerprint density at radius 1 is 1.22 bits per heavy atom. The van der Waals surface area contributed by atoms with Crippen LogP contribution < -0.4 is 5.32 Å². The Hall–Kier alpha value is -2.44. The van der Waals surface area contributed by atoms with E-state index >= 15 is 0 Å². The topological polar surface area (TPSA) is 96.6 Å². The summed E-state index contributed by atoms with van der Waals surface area (Å²) in [5.41, 5.74) is 2.88. The molecule has 2 aromatic rings. The number of carbonyl (C=O) groups is 2. The summed E-state index contributed by atoms with van der Waals surface area (Å²) in [6.45, 7) is 4.31. The van der Waals surface area contributed by atoms with Gasteiger partial charge in [-0.15, -0.1) is 0 Å². The zero-order chi connectivity index (χ0) is 16.8. The number of carboxylic acids is 1. The van der Waals surface area contributed by atoms with Crippen LogP contribution in [0.1, 0.15) is 53.8 Å². The van der Waals surface area contributed by atoms with Gasteiger partial charge in [-0.05, 0) is 26.7 Å². The van der Waals surface area contributed by atoms with Crippen molar-refractivity contribution < 1.29 is 14.7 Å². The van der Waals surface area contributed by atoms with Crippen LogP contribution in [0, 0.1) is 13.8 Å². The molecule has 0 fully saturated rings. The van der Waals surface area contributed by atoms with Gasteiger partial charge in [0.1, 0.15) is 0 Å². The number of carbonyl (C=O) groups excluding carboxylic acids is 1. The third-order valence-electron chi connectivity index (χ3n) is 3.69. The average Bonchev–Trinajstić information content (AvgIpc) is 2.87. The first-order valence-corrected chi connectivity index (χ1v) is 7.81. The molecule has 23 heavy (non-hydrogen) atoms. The quantitative estimate of drug-likeness (QED) is 0.727. The number of nitrogens with one attached hydrogen (secondary N) is 1. The lowest BCUT2D eigenvalue weighted by Crippen LogP contribution is -2.26. The molecule has 0 saturated carbocycles. The van der Waals surface area contributed by atoms with Crippen molar-refractivity contribution in [2.45, 2.75) is 46.0 Å². The van der Waals surface area contributed by atoms with Crippen molar-refractivity contribution in [1.29, 1.82) is 0 Å². The molecule has 0 spiro atoms. The first kappa shape index (κ1) is 16.9. The minimum atomic E-state index is -0.759. The van der Waals surface area contributed by atoms with E-state index in [0.29, 0.717) is 18.5 Å².